The number of aliphatic hydroxyl groups excluding tert-OH is 1. The molecule has 0 radical (unpaired) electrons. The van der Waals surface area contributed by atoms with Crippen LogP contribution >= 0.6 is 0 Å². The van der Waals surface area contributed by atoms with Crippen molar-refractivity contribution in [3.8, 4) is 0 Å². The van der Waals surface area contributed by atoms with Crippen LogP contribution in [0.15, 0.2) is 0 Å². The second-order valence-corrected chi connectivity index (χ2v) is 6.55. The van der Waals surface area contributed by atoms with E-state index in [-0.39, 0.29) is 12.0 Å². The van der Waals surface area contributed by atoms with Crippen LogP contribution in [0.1, 0.15) is 46.5 Å². The van der Waals surface area contributed by atoms with Crippen LogP contribution < -0.4 is 5.32 Å². The van der Waals surface area contributed by atoms with Crippen LogP contribution in [0, 0.1) is 11.3 Å². The summed E-state index contributed by atoms with van der Waals surface area (Å²) in [6.45, 7) is 5.24. The Kier molecular flexibility index (Phi) is 4.70. The number of hydrogen-bond donors (Lipinski definition) is 2. The summed E-state index contributed by atoms with van der Waals surface area (Å²) in [5.41, 5.74) is -0.553. The summed E-state index contributed by atoms with van der Waals surface area (Å²) in [6, 6.07) is 0. The van der Waals surface area contributed by atoms with Crippen molar-refractivity contribution in [3.63, 3.8) is 0 Å². The van der Waals surface area contributed by atoms with E-state index >= 15 is 0 Å². The lowest BCUT2D eigenvalue weighted by molar-refractivity contribution is -0.131. The van der Waals surface area contributed by atoms with Gasteiger partial charge >= 0.3 is 6.18 Å². The topological polar surface area (TPSA) is 32.3 Å². The molecule has 0 aromatic carbocycles. The summed E-state index contributed by atoms with van der Waals surface area (Å²) in [5, 5.41) is 11.9. The average molecular weight is 267 g/mol. The molecule has 1 fully saturated rings. The molecule has 0 aromatic rings. The Morgan fingerprint density at radius 3 is 2.00 bits per heavy atom. The van der Waals surface area contributed by atoms with Crippen molar-refractivity contribution in [1.29, 1.82) is 0 Å². The van der Waals surface area contributed by atoms with E-state index in [9.17, 15) is 18.3 Å². The molecule has 2 nitrogen and oxygen atoms in total. The van der Waals surface area contributed by atoms with Crippen molar-refractivity contribution in [2.45, 2.75) is 58.2 Å². The normalized spacial score (nSPS) is 30.5. The van der Waals surface area contributed by atoms with Gasteiger partial charge in [0.15, 0.2) is 0 Å². The average Bonchev–Trinajstić information content (AvgIpc) is 2.25. The first-order valence-corrected chi connectivity index (χ1v) is 6.51. The SMILES string of the molecule is CC(C)(C)C1CCC(CO)(NCC(F)(F)F)CC1. The standard InChI is InChI=1S/C13H24F3NO/c1-11(2,3)10-4-6-12(9-18,7-5-10)17-8-13(14,15)16/h10,17-18H,4-9H2,1-3H3. The highest BCUT2D eigenvalue weighted by molar-refractivity contribution is 4.95. The molecule has 0 bridgehead atoms. The lowest BCUT2D eigenvalue weighted by Gasteiger charge is -2.44. The second-order valence-electron chi connectivity index (χ2n) is 6.55. The highest BCUT2D eigenvalue weighted by Crippen LogP contribution is 2.41. The monoisotopic (exact) mass is 267 g/mol. The van der Waals surface area contributed by atoms with Crippen LogP contribution in [-0.2, 0) is 0 Å². The Morgan fingerprint density at radius 2 is 1.67 bits per heavy atom. The third-order valence-corrected chi connectivity index (χ3v) is 4.13. The maximum Gasteiger partial charge on any atom is 0.401 e. The van der Waals surface area contributed by atoms with E-state index < -0.39 is 18.3 Å². The maximum absolute atomic E-state index is 12.2. The molecule has 0 aliphatic heterocycles. The molecule has 0 aromatic heterocycles. The van der Waals surface area contributed by atoms with Gasteiger partial charge in [0.05, 0.1) is 13.2 Å². The number of hydrogen-bond acceptors (Lipinski definition) is 2. The summed E-state index contributed by atoms with van der Waals surface area (Å²) >= 11 is 0. The van der Waals surface area contributed by atoms with Crippen molar-refractivity contribution < 1.29 is 18.3 Å². The summed E-state index contributed by atoms with van der Waals surface area (Å²) < 4.78 is 36.7. The first kappa shape index (κ1) is 15.8. The highest BCUT2D eigenvalue weighted by Gasteiger charge is 2.40. The van der Waals surface area contributed by atoms with Crippen molar-refractivity contribution in [3.05, 3.63) is 0 Å². The van der Waals surface area contributed by atoms with Crippen LogP contribution in [0.4, 0.5) is 13.2 Å². The minimum atomic E-state index is -4.22. The van der Waals surface area contributed by atoms with Crippen LogP contribution in [-0.4, -0.2) is 30.0 Å². The molecule has 0 spiro atoms. The zero-order chi connectivity index (χ0) is 14.0. The van der Waals surface area contributed by atoms with Crippen LogP contribution in [0.2, 0.25) is 0 Å². The van der Waals surface area contributed by atoms with Gasteiger partial charge in [0, 0.05) is 5.54 Å². The smallest absolute Gasteiger partial charge is 0.394 e. The molecular weight excluding hydrogens is 243 g/mol. The van der Waals surface area contributed by atoms with E-state index in [4.69, 9.17) is 0 Å². The van der Waals surface area contributed by atoms with Gasteiger partial charge in [-0.2, -0.15) is 13.2 Å². The van der Waals surface area contributed by atoms with Gasteiger partial charge in [-0.3, -0.25) is 0 Å². The van der Waals surface area contributed by atoms with E-state index in [0.29, 0.717) is 18.8 Å². The van der Waals surface area contributed by atoms with Crippen LogP contribution in [0.3, 0.4) is 0 Å². The summed E-state index contributed by atoms with van der Waals surface area (Å²) in [4.78, 5) is 0. The Labute approximate surface area is 107 Å². The molecule has 1 rings (SSSR count). The van der Waals surface area contributed by atoms with E-state index in [1.165, 1.54) is 0 Å². The third kappa shape index (κ3) is 4.43. The van der Waals surface area contributed by atoms with Gasteiger partial charge < -0.3 is 10.4 Å². The van der Waals surface area contributed by atoms with Crippen molar-refractivity contribution >= 4 is 0 Å². The summed E-state index contributed by atoms with van der Waals surface area (Å²) in [6.07, 6.45) is -1.25. The van der Waals surface area contributed by atoms with E-state index in [1.54, 1.807) is 0 Å². The van der Waals surface area contributed by atoms with E-state index in [1.807, 2.05) is 0 Å². The highest BCUT2D eigenvalue weighted by atomic mass is 19.4. The van der Waals surface area contributed by atoms with Gasteiger partial charge in [0.1, 0.15) is 0 Å². The molecule has 0 amide bonds. The second kappa shape index (κ2) is 5.37. The molecule has 18 heavy (non-hydrogen) atoms. The number of nitrogens with one attached hydrogen (secondary N) is 1. The predicted octanol–water partition coefficient (Wildman–Crippen LogP) is 3.11. The Hall–Kier alpha value is -0.290. The van der Waals surface area contributed by atoms with Gasteiger partial charge in [-0.15, -0.1) is 0 Å². The molecule has 1 saturated carbocycles. The number of rotatable bonds is 3. The minimum Gasteiger partial charge on any atom is -0.394 e. The summed E-state index contributed by atoms with van der Waals surface area (Å²) in [7, 11) is 0. The van der Waals surface area contributed by atoms with Crippen molar-refractivity contribution in [1.82, 2.24) is 5.32 Å². The Bertz CT molecular complexity index is 262. The Morgan fingerprint density at radius 1 is 1.17 bits per heavy atom. The number of alkyl halides is 3. The molecule has 1 aliphatic carbocycles. The molecule has 0 atom stereocenters. The van der Waals surface area contributed by atoms with Gasteiger partial charge in [-0.05, 0) is 37.0 Å². The predicted molar refractivity (Wildman–Crippen MR) is 65.3 cm³/mol. The van der Waals surface area contributed by atoms with Crippen LogP contribution in [0.25, 0.3) is 0 Å². The molecule has 0 heterocycles. The lowest BCUT2D eigenvalue weighted by Crippen LogP contribution is -2.54. The fourth-order valence-corrected chi connectivity index (χ4v) is 2.71. The maximum atomic E-state index is 12.2. The molecule has 108 valence electrons. The molecular formula is C13H24F3NO. The first-order chi connectivity index (χ1) is 8.08. The zero-order valence-corrected chi connectivity index (χ0v) is 11.4. The van der Waals surface area contributed by atoms with Gasteiger partial charge in [0.25, 0.3) is 0 Å². The first-order valence-electron chi connectivity index (χ1n) is 6.51. The quantitative estimate of drug-likeness (QED) is 0.823. The molecule has 5 heteroatoms. The van der Waals surface area contributed by atoms with E-state index in [0.717, 1.165) is 12.8 Å². The van der Waals surface area contributed by atoms with Gasteiger partial charge in [0.2, 0.25) is 0 Å². The third-order valence-electron chi connectivity index (χ3n) is 4.13. The largest absolute Gasteiger partial charge is 0.401 e. The number of halogens is 3. The number of aliphatic hydroxyl groups is 1. The van der Waals surface area contributed by atoms with Gasteiger partial charge in [-0.1, -0.05) is 20.8 Å². The Balaban J connectivity index is 2.55. The van der Waals surface area contributed by atoms with Crippen molar-refractivity contribution in [2.75, 3.05) is 13.2 Å². The lowest BCUT2D eigenvalue weighted by atomic mass is 9.67. The zero-order valence-electron chi connectivity index (χ0n) is 11.4. The molecule has 0 unspecified atom stereocenters. The van der Waals surface area contributed by atoms with Crippen LogP contribution in [0.5, 0.6) is 0 Å². The molecule has 2 N–H and O–H groups in total. The summed E-state index contributed by atoms with van der Waals surface area (Å²) in [5.74, 6) is 0.518. The van der Waals surface area contributed by atoms with E-state index in [2.05, 4.69) is 26.1 Å². The molecule has 1 aliphatic rings. The van der Waals surface area contributed by atoms with Crippen molar-refractivity contribution in [2.24, 2.45) is 11.3 Å². The molecule has 0 saturated heterocycles. The fourth-order valence-electron chi connectivity index (χ4n) is 2.71. The van der Waals surface area contributed by atoms with Gasteiger partial charge in [-0.25, -0.2) is 0 Å². The fraction of sp³-hybridized carbons (Fsp3) is 1.00. The minimum absolute atomic E-state index is 0.186.